The molecule has 3 rings (SSSR count). The highest BCUT2D eigenvalue weighted by Crippen LogP contribution is 2.45. The fourth-order valence-corrected chi connectivity index (χ4v) is 2.94. The lowest BCUT2D eigenvalue weighted by Gasteiger charge is -2.29. The highest BCUT2D eigenvalue weighted by Gasteiger charge is 2.35. The maximum Gasteiger partial charge on any atom is 0.135 e. The summed E-state index contributed by atoms with van der Waals surface area (Å²) in [7, 11) is 0. The highest BCUT2D eigenvalue weighted by atomic mass is 15.2. The Kier molecular flexibility index (Phi) is 2.80. The van der Waals surface area contributed by atoms with Crippen molar-refractivity contribution < 1.29 is 0 Å². The third-order valence-electron chi connectivity index (χ3n) is 3.98. The van der Waals surface area contributed by atoms with Crippen LogP contribution in [-0.4, -0.2) is 23.1 Å². The van der Waals surface area contributed by atoms with Crippen LogP contribution in [0, 0.1) is 0 Å². The van der Waals surface area contributed by atoms with Gasteiger partial charge in [0.25, 0.3) is 0 Å². The molecule has 1 aromatic heterocycles. The molecule has 0 atom stereocenters. The van der Waals surface area contributed by atoms with E-state index in [2.05, 4.69) is 35.6 Å². The van der Waals surface area contributed by atoms with Crippen molar-refractivity contribution in [3.05, 3.63) is 17.6 Å². The van der Waals surface area contributed by atoms with E-state index < -0.39 is 0 Å². The summed E-state index contributed by atoms with van der Waals surface area (Å²) in [6, 6.07) is 0. The molecule has 1 aromatic rings. The van der Waals surface area contributed by atoms with Crippen molar-refractivity contribution in [1.29, 1.82) is 0 Å². The molecule has 0 bridgehead atoms. The van der Waals surface area contributed by atoms with Crippen LogP contribution in [0.15, 0.2) is 6.33 Å². The highest BCUT2D eigenvalue weighted by molar-refractivity contribution is 5.54. The molecule has 0 N–H and O–H groups in total. The average Bonchev–Trinajstić information content (AvgIpc) is 3.02. The second kappa shape index (κ2) is 4.22. The van der Waals surface area contributed by atoms with E-state index in [4.69, 9.17) is 0 Å². The summed E-state index contributed by atoms with van der Waals surface area (Å²) in [5.41, 5.74) is 2.85. The van der Waals surface area contributed by atoms with Crippen molar-refractivity contribution in [1.82, 2.24) is 9.97 Å². The fraction of sp³-hybridized carbons (Fsp3) is 0.733. The molecule has 98 valence electrons. The minimum atomic E-state index is 0.136. The van der Waals surface area contributed by atoms with Gasteiger partial charge in [0.1, 0.15) is 12.1 Å². The molecule has 18 heavy (non-hydrogen) atoms. The van der Waals surface area contributed by atoms with Gasteiger partial charge in [0.2, 0.25) is 0 Å². The second-order valence-corrected chi connectivity index (χ2v) is 6.68. The predicted molar refractivity (Wildman–Crippen MR) is 74.2 cm³/mol. The molecular formula is C15H23N3. The molecular weight excluding hydrogens is 222 g/mol. The van der Waals surface area contributed by atoms with Gasteiger partial charge in [0.15, 0.2) is 0 Å². The maximum absolute atomic E-state index is 4.61. The van der Waals surface area contributed by atoms with E-state index in [-0.39, 0.29) is 5.41 Å². The van der Waals surface area contributed by atoms with Gasteiger partial charge in [-0.15, -0.1) is 0 Å². The molecule has 1 aliphatic heterocycles. The Labute approximate surface area is 110 Å². The molecule has 2 heterocycles. The van der Waals surface area contributed by atoms with Gasteiger partial charge in [0.05, 0.1) is 5.69 Å². The van der Waals surface area contributed by atoms with E-state index in [0.29, 0.717) is 5.92 Å². The molecule has 0 radical (unpaired) electrons. The van der Waals surface area contributed by atoms with Crippen LogP contribution in [0.2, 0.25) is 0 Å². The Morgan fingerprint density at radius 2 is 1.78 bits per heavy atom. The lowest BCUT2D eigenvalue weighted by atomic mass is 9.84. The molecule has 0 unspecified atom stereocenters. The number of anilines is 1. The minimum Gasteiger partial charge on any atom is -0.356 e. The molecule has 0 amide bonds. The maximum atomic E-state index is 4.61. The lowest BCUT2D eigenvalue weighted by molar-refractivity contribution is 0.571. The van der Waals surface area contributed by atoms with Crippen LogP contribution >= 0.6 is 0 Å². The standard InChI is InChI=1S/C15H23N3/c1-15(2,3)12-13(11-6-7-11)16-10-17-14(12)18-8-4-5-9-18/h10-11H,4-9H2,1-3H3. The number of hydrogen-bond acceptors (Lipinski definition) is 3. The minimum absolute atomic E-state index is 0.136. The van der Waals surface area contributed by atoms with Gasteiger partial charge in [-0.25, -0.2) is 9.97 Å². The van der Waals surface area contributed by atoms with E-state index in [1.807, 2.05) is 0 Å². The van der Waals surface area contributed by atoms with Gasteiger partial charge in [0, 0.05) is 24.6 Å². The molecule has 1 saturated heterocycles. The molecule has 2 fully saturated rings. The summed E-state index contributed by atoms with van der Waals surface area (Å²) in [5, 5.41) is 0. The lowest BCUT2D eigenvalue weighted by Crippen LogP contribution is -2.26. The molecule has 0 aromatic carbocycles. The van der Waals surface area contributed by atoms with E-state index in [9.17, 15) is 0 Å². The molecule has 3 nitrogen and oxygen atoms in total. The largest absolute Gasteiger partial charge is 0.356 e. The summed E-state index contributed by atoms with van der Waals surface area (Å²) >= 11 is 0. The van der Waals surface area contributed by atoms with Crippen molar-refractivity contribution >= 4 is 5.82 Å². The first kappa shape index (κ1) is 11.9. The third-order valence-corrected chi connectivity index (χ3v) is 3.98. The number of rotatable bonds is 2. The van der Waals surface area contributed by atoms with Crippen molar-refractivity contribution in [3.8, 4) is 0 Å². The first-order valence-corrected chi connectivity index (χ1v) is 7.17. The van der Waals surface area contributed by atoms with Crippen molar-refractivity contribution in [2.24, 2.45) is 0 Å². The summed E-state index contributed by atoms with van der Waals surface area (Å²) in [4.78, 5) is 11.7. The van der Waals surface area contributed by atoms with Crippen LogP contribution in [0.1, 0.15) is 63.6 Å². The van der Waals surface area contributed by atoms with Crippen molar-refractivity contribution in [3.63, 3.8) is 0 Å². The van der Waals surface area contributed by atoms with E-state index >= 15 is 0 Å². The van der Waals surface area contributed by atoms with Crippen LogP contribution < -0.4 is 4.90 Å². The molecule has 1 saturated carbocycles. The third kappa shape index (κ3) is 2.11. The first-order valence-electron chi connectivity index (χ1n) is 7.17. The summed E-state index contributed by atoms with van der Waals surface area (Å²) in [6.45, 7) is 9.18. The molecule has 3 heteroatoms. The van der Waals surface area contributed by atoms with Gasteiger partial charge in [-0.2, -0.15) is 0 Å². The first-order chi connectivity index (χ1) is 8.57. The second-order valence-electron chi connectivity index (χ2n) is 6.68. The summed E-state index contributed by atoms with van der Waals surface area (Å²) in [6.07, 6.45) is 6.98. The summed E-state index contributed by atoms with van der Waals surface area (Å²) in [5.74, 6) is 1.90. The van der Waals surface area contributed by atoms with Gasteiger partial charge in [-0.05, 0) is 31.1 Å². The Morgan fingerprint density at radius 1 is 1.11 bits per heavy atom. The molecule has 2 aliphatic rings. The fourth-order valence-electron chi connectivity index (χ4n) is 2.94. The van der Waals surface area contributed by atoms with Crippen LogP contribution in [0.5, 0.6) is 0 Å². The Balaban J connectivity index is 2.08. The van der Waals surface area contributed by atoms with Crippen LogP contribution in [-0.2, 0) is 5.41 Å². The zero-order valence-corrected chi connectivity index (χ0v) is 11.7. The van der Waals surface area contributed by atoms with Gasteiger partial charge in [-0.1, -0.05) is 20.8 Å². The Morgan fingerprint density at radius 3 is 2.33 bits per heavy atom. The van der Waals surface area contributed by atoms with Crippen molar-refractivity contribution in [2.75, 3.05) is 18.0 Å². The van der Waals surface area contributed by atoms with Crippen LogP contribution in [0.3, 0.4) is 0 Å². The van der Waals surface area contributed by atoms with E-state index in [0.717, 1.165) is 13.1 Å². The van der Waals surface area contributed by atoms with Gasteiger partial charge < -0.3 is 4.90 Å². The molecule has 1 aliphatic carbocycles. The normalized spacial score (nSPS) is 20.5. The number of hydrogen-bond donors (Lipinski definition) is 0. The Hall–Kier alpha value is -1.12. The zero-order valence-electron chi connectivity index (χ0n) is 11.7. The summed E-state index contributed by atoms with van der Waals surface area (Å²) < 4.78 is 0. The monoisotopic (exact) mass is 245 g/mol. The van der Waals surface area contributed by atoms with E-state index in [1.165, 1.54) is 42.8 Å². The van der Waals surface area contributed by atoms with Crippen LogP contribution in [0.25, 0.3) is 0 Å². The van der Waals surface area contributed by atoms with Gasteiger partial charge >= 0.3 is 0 Å². The van der Waals surface area contributed by atoms with Crippen LogP contribution in [0.4, 0.5) is 5.82 Å². The Bertz CT molecular complexity index is 438. The number of nitrogens with zero attached hydrogens (tertiary/aromatic N) is 3. The number of aromatic nitrogens is 2. The zero-order chi connectivity index (χ0) is 12.8. The predicted octanol–water partition coefficient (Wildman–Crippen LogP) is 3.25. The van der Waals surface area contributed by atoms with E-state index in [1.54, 1.807) is 6.33 Å². The SMILES string of the molecule is CC(C)(C)c1c(C2CC2)ncnc1N1CCCC1. The quantitative estimate of drug-likeness (QED) is 0.801. The molecule has 0 spiro atoms. The average molecular weight is 245 g/mol. The smallest absolute Gasteiger partial charge is 0.135 e. The van der Waals surface area contributed by atoms with Crippen molar-refractivity contribution in [2.45, 2.75) is 57.8 Å². The topological polar surface area (TPSA) is 29.0 Å². The van der Waals surface area contributed by atoms with Gasteiger partial charge in [-0.3, -0.25) is 0 Å².